The fourth-order valence-corrected chi connectivity index (χ4v) is 1.63. The van der Waals surface area contributed by atoms with E-state index in [-0.39, 0.29) is 0 Å². The fraction of sp³-hybridized carbons (Fsp3) is 0.333. The van der Waals surface area contributed by atoms with E-state index >= 15 is 0 Å². The van der Waals surface area contributed by atoms with Crippen LogP contribution in [0.4, 0.5) is 5.82 Å². The Balaban J connectivity index is 2.22. The molecule has 1 aromatic rings. The van der Waals surface area contributed by atoms with Crippen LogP contribution in [-0.4, -0.2) is 28.0 Å². The van der Waals surface area contributed by atoms with E-state index in [9.17, 15) is 0 Å². The molecule has 0 aliphatic heterocycles. The van der Waals surface area contributed by atoms with Gasteiger partial charge in [0.05, 0.1) is 5.75 Å². The molecule has 1 heterocycles. The predicted molar refractivity (Wildman–Crippen MR) is 64.4 cm³/mol. The molecule has 0 radical (unpaired) electrons. The molecule has 0 amide bonds. The highest BCUT2D eigenvalue weighted by atomic mass is 79.9. The van der Waals surface area contributed by atoms with Crippen LogP contribution in [0.1, 0.15) is 0 Å². The molecule has 3 nitrogen and oxygen atoms in total. The van der Waals surface area contributed by atoms with Crippen molar-refractivity contribution in [2.75, 3.05) is 23.4 Å². The van der Waals surface area contributed by atoms with Crippen LogP contribution in [0.5, 0.6) is 0 Å². The Morgan fingerprint density at radius 1 is 1.57 bits per heavy atom. The number of nitrogens with one attached hydrogen (secondary N) is 1. The molecule has 1 rings (SSSR count). The Labute approximate surface area is 96.2 Å². The minimum atomic E-state index is 0.759. The third-order valence-corrected chi connectivity index (χ3v) is 2.67. The van der Waals surface area contributed by atoms with Gasteiger partial charge >= 0.3 is 0 Å². The molecule has 0 bridgehead atoms. The van der Waals surface area contributed by atoms with Crippen molar-refractivity contribution in [2.45, 2.75) is 0 Å². The Hall–Kier alpha value is -0.730. The molecule has 14 heavy (non-hydrogen) atoms. The maximum Gasteiger partial charge on any atom is 0.130 e. The zero-order chi connectivity index (χ0) is 10.2. The van der Waals surface area contributed by atoms with E-state index in [0.29, 0.717) is 0 Å². The second kappa shape index (κ2) is 6.68. The van der Waals surface area contributed by atoms with Crippen molar-refractivity contribution < 1.29 is 0 Å². The molecule has 74 valence electrons. The first-order chi connectivity index (χ1) is 6.83. The van der Waals surface area contributed by atoms with Crippen LogP contribution in [0.2, 0.25) is 0 Å². The molecular weight excluding hydrogens is 262 g/mol. The highest BCUT2D eigenvalue weighted by Crippen LogP contribution is 2.09. The van der Waals surface area contributed by atoms with Gasteiger partial charge in [-0.3, -0.25) is 0 Å². The molecule has 0 aromatic carbocycles. The first kappa shape index (κ1) is 11.3. The Bertz CT molecular complexity index is 324. The lowest BCUT2D eigenvalue weighted by atomic mass is 10.5. The van der Waals surface area contributed by atoms with Crippen LogP contribution in [-0.2, 0) is 0 Å². The highest BCUT2D eigenvalue weighted by Gasteiger charge is 1.94. The lowest BCUT2D eigenvalue weighted by molar-refractivity contribution is 1.10. The molecule has 0 aliphatic carbocycles. The number of anilines is 1. The van der Waals surface area contributed by atoms with Gasteiger partial charge in [-0.15, -0.1) is 18.2 Å². The van der Waals surface area contributed by atoms with Gasteiger partial charge in [0.25, 0.3) is 0 Å². The monoisotopic (exact) mass is 271 g/mol. The van der Waals surface area contributed by atoms with Gasteiger partial charge in [-0.1, -0.05) is 5.92 Å². The third kappa shape index (κ3) is 4.49. The summed E-state index contributed by atoms with van der Waals surface area (Å²) in [5.41, 5.74) is 0. The maximum atomic E-state index is 5.12. The normalized spacial score (nSPS) is 9.43. The summed E-state index contributed by atoms with van der Waals surface area (Å²) in [5.74, 6) is 5.14. The SMILES string of the molecule is C#CCSCCNc1cc(Br)ncn1. The molecule has 1 aromatic heterocycles. The molecule has 0 spiro atoms. The van der Waals surface area contributed by atoms with Gasteiger partial charge in [0.1, 0.15) is 16.7 Å². The van der Waals surface area contributed by atoms with Gasteiger partial charge in [0.15, 0.2) is 0 Å². The van der Waals surface area contributed by atoms with E-state index < -0.39 is 0 Å². The van der Waals surface area contributed by atoms with E-state index in [1.54, 1.807) is 11.8 Å². The number of hydrogen-bond donors (Lipinski definition) is 1. The van der Waals surface area contributed by atoms with Gasteiger partial charge in [-0.25, -0.2) is 9.97 Å². The van der Waals surface area contributed by atoms with E-state index in [0.717, 1.165) is 28.5 Å². The second-order valence-electron chi connectivity index (χ2n) is 2.41. The van der Waals surface area contributed by atoms with Crippen molar-refractivity contribution in [1.82, 2.24) is 9.97 Å². The average Bonchev–Trinajstić information content (AvgIpc) is 2.18. The Kier molecular flexibility index (Phi) is 5.42. The lowest BCUT2D eigenvalue weighted by Crippen LogP contribution is -2.05. The molecule has 0 fully saturated rings. The van der Waals surface area contributed by atoms with Crippen LogP contribution in [0.3, 0.4) is 0 Å². The van der Waals surface area contributed by atoms with Crippen molar-refractivity contribution in [3.63, 3.8) is 0 Å². The predicted octanol–water partition coefficient (Wildman–Crippen LogP) is 2.02. The summed E-state index contributed by atoms with van der Waals surface area (Å²) in [6.07, 6.45) is 6.64. The summed E-state index contributed by atoms with van der Waals surface area (Å²) in [7, 11) is 0. The number of aromatic nitrogens is 2. The summed E-state index contributed by atoms with van der Waals surface area (Å²) in [6, 6.07) is 1.84. The average molecular weight is 272 g/mol. The van der Waals surface area contributed by atoms with Gasteiger partial charge < -0.3 is 5.32 Å². The van der Waals surface area contributed by atoms with Crippen molar-refractivity contribution >= 4 is 33.5 Å². The Morgan fingerprint density at radius 3 is 3.14 bits per heavy atom. The van der Waals surface area contributed by atoms with Gasteiger partial charge in [-0.05, 0) is 15.9 Å². The summed E-state index contributed by atoms with van der Waals surface area (Å²) in [6.45, 7) is 0.857. The summed E-state index contributed by atoms with van der Waals surface area (Å²) >= 11 is 5.00. The van der Waals surface area contributed by atoms with Crippen LogP contribution in [0.15, 0.2) is 17.0 Å². The Morgan fingerprint density at radius 2 is 2.43 bits per heavy atom. The van der Waals surface area contributed by atoms with Gasteiger partial charge in [-0.2, -0.15) is 0 Å². The van der Waals surface area contributed by atoms with Crippen LogP contribution >= 0.6 is 27.7 Å². The molecular formula is C9H10BrN3S. The van der Waals surface area contributed by atoms with E-state index in [1.807, 2.05) is 6.07 Å². The standard InChI is InChI=1S/C9H10BrN3S/c1-2-4-14-5-3-11-9-6-8(10)12-7-13-9/h1,6-7H,3-5H2,(H,11,12,13). The minimum Gasteiger partial charge on any atom is -0.369 e. The summed E-state index contributed by atoms with van der Waals surface area (Å²) in [4.78, 5) is 7.99. The number of hydrogen-bond acceptors (Lipinski definition) is 4. The number of terminal acetylenes is 1. The first-order valence-electron chi connectivity index (χ1n) is 4.05. The topological polar surface area (TPSA) is 37.8 Å². The fourth-order valence-electron chi connectivity index (χ4n) is 0.813. The van der Waals surface area contributed by atoms with Crippen molar-refractivity contribution in [3.05, 3.63) is 17.0 Å². The van der Waals surface area contributed by atoms with E-state index in [1.165, 1.54) is 6.33 Å². The largest absolute Gasteiger partial charge is 0.369 e. The smallest absolute Gasteiger partial charge is 0.130 e. The lowest BCUT2D eigenvalue weighted by Gasteiger charge is -2.03. The van der Waals surface area contributed by atoms with Crippen molar-refractivity contribution in [1.29, 1.82) is 0 Å². The summed E-state index contributed by atoms with van der Waals surface area (Å²) in [5, 5.41) is 3.17. The molecule has 0 atom stereocenters. The molecule has 0 saturated heterocycles. The number of nitrogens with zero attached hydrogens (tertiary/aromatic N) is 2. The zero-order valence-electron chi connectivity index (χ0n) is 7.53. The molecule has 0 saturated carbocycles. The maximum absolute atomic E-state index is 5.12. The molecule has 0 unspecified atom stereocenters. The molecule has 1 N–H and O–H groups in total. The second-order valence-corrected chi connectivity index (χ2v) is 4.33. The first-order valence-corrected chi connectivity index (χ1v) is 6.00. The van der Waals surface area contributed by atoms with Crippen molar-refractivity contribution in [3.8, 4) is 12.3 Å². The third-order valence-electron chi connectivity index (χ3n) is 1.37. The van der Waals surface area contributed by atoms with E-state index in [2.05, 4.69) is 37.1 Å². The van der Waals surface area contributed by atoms with Crippen LogP contribution in [0.25, 0.3) is 0 Å². The van der Waals surface area contributed by atoms with Crippen LogP contribution in [0, 0.1) is 12.3 Å². The summed E-state index contributed by atoms with van der Waals surface area (Å²) < 4.78 is 0.784. The number of rotatable bonds is 5. The van der Waals surface area contributed by atoms with Crippen LogP contribution < -0.4 is 5.32 Å². The zero-order valence-corrected chi connectivity index (χ0v) is 9.94. The molecule has 0 aliphatic rings. The quantitative estimate of drug-likeness (QED) is 0.505. The van der Waals surface area contributed by atoms with Gasteiger partial charge in [0.2, 0.25) is 0 Å². The highest BCUT2D eigenvalue weighted by molar-refractivity contribution is 9.10. The van der Waals surface area contributed by atoms with E-state index in [4.69, 9.17) is 6.42 Å². The number of thioether (sulfide) groups is 1. The molecule has 5 heteroatoms. The number of halogens is 1. The van der Waals surface area contributed by atoms with Gasteiger partial charge in [0, 0.05) is 18.4 Å². The van der Waals surface area contributed by atoms with Crippen molar-refractivity contribution in [2.24, 2.45) is 0 Å². The minimum absolute atomic E-state index is 0.759.